The van der Waals surface area contributed by atoms with Crippen molar-refractivity contribution in [2.24, 2.45) is 56.4 Å². The summed E-state index contributed by atoms with van der Waals surface area (Å²) in [6.07, 6.45) is 7.82. The molecule has 0 bridgehead atoms. The van der Waals surface area contributed by atoms with Gasteiger partial charge < -0.3 is 18.3 Å². The van der Waals surface area contributed by atoms with E-state index in [9.17, 15) is 0 Å². The Hall–Kier alpha value is -14.1. The molecule has 0 fully saturated rings. The van der Waals surface area contributed by atoms with Crippen molar-refractivity contribution in [3.05, 3.63) is 360 Å². The molecule has 584 valence electrons. The van der Waals surface area contributed by atoms with Gasteiger partial charge in [-0.3, -0.25) is 0 Å². The van der Waals surface area contributed by atoms with Gasteiger partial charge in [0.2, 0.25) is 22.8 Å². The van der Waals surface area contributed by atoms with E-state index in [1.165, 1.54) is 110 Å². The van der Waals surface area contributed by atoms with Crippen LogP contribution >= 0.6 is 0 Å². The van der Waals surface area contributed by atoms with Crippen LogP contribution in [-0.2, 0) is 56.4 Å². The lowest BCUT2D eigenvalue weighted by atomic mass is 9.96. The van der Waals surface area contributed by atoms with Crippen molar-refractivity contribution in [2.75, 3.05) is 0 Å². The van der Waals surface area contributed by atoms with Gasteiger partial charge in [0.25, 0.3) is 0 Å². The first-order valence-corrected chi connectivity index (χ1v) is 40.8. The van der Waals surface area contributed by atoms with Crippen molar-refractivity contribution in [3.63, 3.8) is 0 Å². The van der Waals surface area contributed by atoms with Crippen molar-refractivity contribution in [1.82, 2.24) is 18.3 Å². The molecule has 0 aliphatic rings. The lowest BCUT2D eigenvalue weighted by molar-refractivity contribution is -0.659. The van der Waals surface area contributed by atoms with Crippen LogP contribution in [0.3, 0.4) is 0 Å². The Labute approximate surface area is 718 Å². The monoisotopic (exact) mass is 1570 g/mol. The summed E-state index contributed by atoms with van der Waals surface area (Å²) in [5.74, 6) is 0. The van der Waals surface area contributed by atoms with Crippen molar-refractivity contribution in [3.8, 4) is 67.3 Å². The van der Waals surface area contributed by atoms with Gasteiger partial charge in [0.05, 0.1) is 54.6 Å². The second kappa shape index (κ2) is 30.1. The molecular weight excluding hydrogens is 1460 g/mol. The van der Waals surface area contributed by atoms with Crippen molar-refractivity contribution in [2.45, 2.75) is 55.1 Å². The van der Waals surface area contributed by atoms with Crippen LogP contribution in [0.2, 0.25) is 0 Å². The van der Waals surface area contributed by atoms with E-state index >= 15 is 0 Å². The first-order valence-electron chi connectivity index (χ1n) is 46.8. The fourth-order valence-electron chi connectivity index (χ4n) is 19.1. The Morgan fingerprint density at radius 1 is 0.242 bits per heavy atom. The maximum absolute atomic E-state index is 8.35. The molecule has 8 nitrogen and oxygen atoms in total. The lowest BCUT2D eigenvalue weighted by Gasteiger charge is -2.09. The van der Waals surface area contributed by atoms with Gasteiger partial charge in [0.1, 0.15) is 28.2 Å². The van der Waals surface area contributed by atoms with Gasteiger partial charge >= 0.3 is 0 Å². The van der Waals surface area contributed by atoms with Gasteiger partial charge in [-0.05, 0) is 193 Å². The largest absolute Gasteiger partial charge is 0.343 e. The highest BCUT2D eigenvalue weighted by Crippen LogP contribution is 2.44. The minimum atomic E-state index is -2.32. The van der Waals surface area contributed by atoms with Crippen LogP contribution in [-0.4, -0.2) is 18.3 Å². The highest BCUT2D eigenvalue weighted by atomic mass is 15.0. The Morgan fingerprint density at radius 2 is 0.683 bits per heavy atom. The predicted octanol–water partition coefficient (Wildman–Crippen LogP) is 25.7. The molecule has 0 unspecified atom stereocenters. The number of benzene rings is 14. The number of nitrogens with zero attached hydrogens (tertiary/aromatic N) is 8. The molecule has 0 saturated heterocycles. The minimum absolute atomic E-state index is 0.276. The second-order valence-electron chi connectivity index (χ2n) is 32.4. The molecule has 8 heterocycles. The van der Waals surface area contributed by atoms with Crippen molar-refractivity contribution >= 4 is 130 Å². The third kappa shape index (κ3) is 12.8. The smallest absolute Gasteiger partial charge is 0.222 e. The van der Waals surface area contributed by atoms with Crippen molar-refractivity contribution < 1.29 is 34.7 Å². The molecule has 0 spiro atoms. The molecule has 0 N–H and O–H groups in total. The standard InChI is InChI=1S/C32H29N2.C30H25N2.C26H25N2.C24H21N2/c1-20-11-14-27(21(2)15-20)32-30-28-17-26-16-24(23-9-7-6-8-10-23)12-13-25(26)18-29(28)34(5)31(30)22(3)19-33(32)4;1-20-9-7-8-12-24(20)30-28-25-16-15-22-13-14-23(21-10-5-4-6-11-21)19-26(22)29(25)32(3)27(28)17-18-31(30)2;1-16-10-11-21(17(2)12-16)26-24-22-13-19-8-6-7-9-20(19)14-23(22)28(5)25(24)18(3)15-27(26)4;1-16-8-4-6-10-18(16)22-14-23-21(15-25(22)2)20-13-12-17-9-5-7-11-19(17)24(20)26(23)3/h6-19H,1-5H3;4-19H,1-3H3;6-15H,1-5H3;4-15H,1-3H3/q4*+1/i1D3,3D3;;1D3,3D3;. The minimum Gasteiger partial charge on any atom is -0.343 e. The number of aryl methyl sites for hydroxylation is 16. The second-order valence-corrected chi connectivity index (χ2v) is 32.4. The SMILES string of the molecule is Cc1ccccc1-c1c2c3ccc4ccc(-c5ccccc5)cc4c3n(C)c2cc[n+]1C.Cc1ccccc1-c1cc2c(c[n+]1C)c1ccc3ccccc3c1n2C.[2H]C([2H])([2H])c1ccc(-c2c3c4cc5cc(-c6ccccc6)ccc5cc4n(C)c3c(C([2H])([2H])[2H])c[n+]2C)c(C)c1.[2H]C([2H])([2H])c1ccc(-c2c3c4cc5ccccc5cc4n(C)c3c(C([2H])([2H])[2H])c[n+]2C)c(C)c1. The molecule has 0 aliphatic carbocycles. The van der Waals surface area contributed by atoms with Gasteiger partial charge in [-0.25, -0.2) is 18.3 Å². The Kier molecular flexibility index (Phi) is 15.8. The summed E-state index contributed by atoms with van der Waals surface area (Å²) in [5.41, 5.74) is 26.9. The summed E-state index contributed by atoms with van der Waals surface area (Å²) in [6, 6.07) is 101. The summed E-state index contributed by atoms with van der Waals surface area (Å²) < 4.78 is 113. The average molecular weight is 1570 g/mol. The van der Waals surface area contributed by atoms with E-state index in [0.29, 0.717) is 11.0 Å². The summed E-state index contributed by atoms with van der Waals surface area (Å²) in [7, 11) is 16.2. The van der Waals surface area contributed by atoms with Crippen LogP contribution in [0.1, 0.15) is 61.0 Å². The van der Waals surface area contributed by atoms with E-state index < -0.39 is 27.4 Å². The summed E-state index contributed by atoms with van der Waals surface area (Å²) >= 11 is 0. The van der Waals surface area contributed by atoms with Gasteiger partial charge in [0, 0.05) is 134 Å². The topological polar surface area (TPSA) is 35.2 Å². The van der Waals surface area contributed by atoms with Gasteiger partial charge in [-0.15, -0.1) is 0 Å². The summed E-state index contributed by atoms with van der Waals surface area (Å²) in [4.78, 5) is 0. The number of hydrogen-bond acceptors (Lipinski definition) is 0. The Balaban J connectivity index is 0.000000115. The molecule has 14 aromatic carbocycles. The van der Waals surface area contributed by atoms with Gasteiger partial charge in [-0.2, -0.15) is 0 Å². The number of pyridine rings is 4. The molecule has 0 atom stereocenters. The lowest BCUT2D eigenvalue weighted by Crippen LogP contribution is -2.31. The molecular formula is C112H100N8+4. The molecule has 0 saturated carbocycles. The third-order valence-electron chi connectivity index (χ3n) is 25.0. The quantitative estimate of drug-likeness (QED) is 0.149. The maximum Gasteiger partial charge on any atom is 0.222 e. The van der Waals surface area contributed by atoms with E-state index in [4.69, 9.17) is 16.4 Å². The highest BCUT2D eigenvalue weighted by molar-refractivity contribution is 6.23. The van der Waals surface area contributed by atoms with Crippen LogP contribution in [0, 0.1) is 55.1 Å². The maximum atomic E-state index is 8.35. The number of fused-ring (bicyclic) bond motifs is 18. The molecule has 8 heteroatoms. The van der Waals surface area contributed by atoms with E-state index in [2.05, 4.69) is 297 Å². The van der Waals surface area contributed by atoms with Crippen LogP contribution in [0.15, 0.2) is 316 Å². The van der Waals surface area contributed by atoms with Crippen LogP contribution in [0.4, 0.5) is 0 Å². The molecule has 22 aromatic rings. The van der Waals surface area contributed by atoms with Gasteiger partial charge in [0.15, 0.2) is 24.8 Å². The molecule has 0 amide bonds. The molecule has 22 rings (SSSR count). The number of rotatable bonds is 6. The first kappa shape index (κ1) is 63.1. The normalized spacial score (nSPS) is 13.6. The Bertz CT molecular complexity index is 8480. The van der Waals surface area contributed by atoms with Crippen LogP contribution in [0.25, 0.3) is 198 Å². The molecule has 120 heavy (non-hydrogen) atoms. The highest BCUT2D eigenvalue weighted by Gasteiger charge is 2.29. The molecule has 8 aromatic heterocycles. The van der Waals surface area contributed by atoms with E-state index in [-0.39, 0.29) is 22.3 Å². The fourth-order valence-corrected chi connectivity index (χ4v) is 19.1. The van der Waals surface area contributed by atoms with Gasteiger partial charge in [-0.1, -0.05) is 230 Å². The summed E-state index contributed by atoms with van der Waals surface area (Å²) in [6.45, 7) is -0.845. The predicted molar refractivity (Wildman–Crippen MR) is 507 cm³/mol. The van der Waals surface area contributed by atoms with Crippen LogP contribution in [0.5, 0.6) is 0 Å². The first-order chi connectivity index (χ1) is 63.0. The molecule has 0 aliphatic heterocycles. The van der Waals surface area contributed by atoms with E-state index in [1.54, 1.807) is 36.7 Å². The number of hydrogen-bond donors (Lipinski definition) is 0. The summed E-state index contributed by atoms with van der Waals surface area (Å²) in [5, 5.41) is 18.3. The zero-order valence-corrected chi connectivity index (χ0v) is 69.6. The third-order valence-corrected chi connectivity index (χ3v) is 25.0. The zero-order chi connectivity index (χ0) is 92.8. The number of aromatic nitrogens is 8. The molecule has 0 radical (unpaired) electrons. The van der Waals surface area contributed by atoms with E-state index in [0.717, 1.165) is 98.9 Å². The van der Waals surface area contributed by atoms with Crippen LogP contribution < -0.4 is 18.3 Å². The van der Waals surface area contributed by atoms with E-state index in [1.807, 2.05) is 103 Å². The van der Waals surface area contributed by atoms with Crippen molar-refractivity contribution in [1.29, 1.82) is 0 Å². The average Bonchev–Trinajstić information content (AvgIpc) is 1.61. The fraction of sp³-hybridized carbons (Fsp3) is 0.143. The Morgan fingerprint density at radius 3 is 1.26 bits per heavy atom. The zero-order valence-electron chi connectivity index (χ0n) is 81.6.